The molecule has 4 nitrogen and oxygen atoms in total. The second-order valence-corrected chi connectivity index (χ2v) is 2.79. The van der Waals surface area contributed by atoms with E-state index in [0.29, 0.717) is 6.42 Å². The van der Waals surface area contributed by atoms with Crippen molar-refractivity contribution >= 4 is 29.3 Å². The van der Waals surface area contributed by atoms with Gasteiger partial charge in [0.1, 0.15) is 0 Å². The predicted octanol–water partition coefficient (Wildman–Crippen LogP) is -0.0442. The summed E-state index contributed by atoms with van der Waals surface area (Å²) in [6.45, 7) is 3.32. The molecule has 0 heterocycles. The summed E-state index contributed by atoms with van der Waals surface area (Å²) in [7, 11) is -4.24. The molecular formula is C4H11LiO4S. The monoisotopic (exact) mass is 162 g/mol. The van der Waals surface area contributed by atoms with Crippen LogP contribution in [0.3, 0.4) is 0 Å². The number of hydrogen-bond donors (Lipinski definition) is 1. The van der Waals surface area contributed by atoms with Crippen molar-refractivity contribution in [3.8, 4) is 0 Å². The van der Waals surface area contributed by atoms with E-state index in [1.165, 1.54) is 0 Å². The van der Waals surface area contributed by atoms with Gasteiger partial charge in [0.25, 0.3) is 0 Å². The maximum atomic E-state index is 9.93. The van der Waals surface area contributed by atoms with Gasteiger partial charge in [-0.3, -0.25) is 4.55 Å². The Morgan fingerprint density at radius 1 is 1.60 bits per heavy atom. The third-order valence-electron chi connectivity index (χ3n) is 0.861. The molecule has 0 saturated carbocycles. The van der Waals surface area contributed by atoms with Gasteiger partial charge in [0.2, 0.25) is 0 Å². The summed E-state index contributed by atoms with van der Waals surface area (Å²) in [4.78, 5) is 0. The van der Waals surface area contributed by atoms with Gasteiger partial charge in [-0.15, -0.1) is 0 Å². The average Bonchev–Trinajstić information content (AvgIpc) is 1.62. The molecule has 0 saturated heterocycles. The van der Waals surface area contributed by atoms with Crippen LogP contribution in [0.5, 0.6) is 0 Å². The minimum absolute atomic E-state index is 0. The molecule has 0 fully saturated rings. The van der Waals surface area contributed by atoms with Gasteiger partial charge in [0.05, 0.1) is 6.10 Å². The quantitative estimate of drug-likeness (QED) is 0.467. The summed E-state index contributed by atoms with van der Waals surface area (Å²) in [5, 5.41) is 0. The zero-order valence-electron chi connectivity index (χ0n) is 5.36. The third kappa shape index (κ3) is 8.47. The van der Waals surface area contributed by atoms with Crippen molar-refractivity contribution in [1.29, 1.82) is 0 Å². The normalized spacial score (nSPS) is 13.9. The van der Waals surface area contributed by atoms with Crippen LogP contribution in [0.2, 0.25) is 0 Å². The van der Waals surface area contributed by atoms with Crippen molar-refractivity contribution < 1.29 is 17.2 Å². The van der Waals surface area contributed by atoms with Crippen LogP contribution in [0.1, 0.15) is 20.3 Å². The van der Waals surface area contributed by atoms with E-state index in [9.17, 15) is 8.42 Å². The van der Waals surface area contributed by atoms with Crippen LogP contribution in [0.15, 0.2) is 0 Å². The van der Waals surface area contributed by atoms with Gasteiger partial charge >= 0.3 is 29.3 Å². The number of hydrogen-bond acceptors (Lipinski definition) is 3. The van der Waals surface area contributed by atoms with E-state index in [-0.39, 0.29) is 18.9 Å². The first-order valence-electron chi connectivity index (χ1n) is 2.61. The summed E-state index contributed by atoms with van der Waals surface area (Å²) in [6.07, 6.45) is 0.111. The molecule has 0 spiro atoms. The van der Waals surface area contributed by atoms with Crippen molar-refractivity contribution in [3.05, 3.63) is 0 Å². The van der Waals surface area contributed by atoms with Gasteiger partial charge in [-0.1, -0.05) is 6.92 Å². The molecule has 1 unspecified atom stereocenters. The predicted molar refractivity (Wildman–Crippen MR) is 39.5 cm³/mol. The van der Waals surface area contributed by atoms with Crippen LogP contribution in [-0.4, -0.2) is 37.9 Å². The molecule has 1 atom stereocenters. The fraction of sp³-hybridized carbons (Fsp3) is 1.00. The molecule has 0 radical (unpaired) electrons. The fourth-order valence-electron chi connectivity index (χ4n) is 0.276. The first-order chi connectivity index (χ1) is 3.95. The summed E-state index contributed by atoms with van der Waals surface area (Å²) in [5.41, 5.74) is 0. The van der Waals surface area contributed by atoms with Crippen LogP contribution in [-0.2, 0) is 14.6 Å². The van der Waals surface area contributed by atoms with Gasteiger partial charge in [0.15, 0.2) is 0 Å². The average molecular weight is 162 g/mol. The van der Waals surface area contributed by atoms with Crippen LogP contribution >= 0.6 is 0 Å². The summed E-state index contributed by atoms with van der Waals surface area (Å²) < 4.78 is 32.1. The molecule has 58 valence electrons. The first kappa shape index (κ1) is 13.1. The first-order valence-corrected chi connectivity index (χ1v) is 3.98. The Morgan fingerprint density at radius 2 is 2.00 bits per heavy atom. The van der Waals surface area contributed by atoms with E-state index < -0.39 is 16.5 Å². The molecule has 0 aliphatic rings. The Morgan fingerprint density at radius 3 is 2.10 bits per heavy atom. The molecule has 0 bridgehead atoms. The van der Waals surface area contributed by atoms with Crippen LogP contribution in [0.4, 0.5) is 0 Å². The van der Waals surface area contributed by atoms with Crippen molar-refractivity contribution in [2.75, 3.05) is 0 Å². The van der Waals surface area contributed by atoms with E-state index >= 15 is 0 Å². The zero-order chi connectivity index (χ0) is 7.49. The van der Waals surface area contributed by atoms with Gasteiger partial charge in [0, 0.05) is 0 Å². The molecule has 0 aromatic carbocycles. The van der Waals surface area contributed by atoms with E-state index in [1.807, 2.05) is 0 Å². The molecule has 0 aliphatic heterocycles. The summed E-state index contributed by atoms with van der Waals surface area (Å²) >= 11 is 0. The maximum absolute atomic E-state index is 9.93. The van der Waals surface area contributed by atoms with E-state index in [4.69, 9.17) is 4.55 Å². The Balaban J connectivity index is 0. The topological polar surface area (TPSA) is 63.6 Å². The summed E-state index contributed by atoms with van der Waals surface area (Å²) in [6, 6.07) is 0. The molecule has 10 heavy (non-hydrogen) atoms. The molecule has 0 rings (SSSR count). The molecule has 6 heteroatoms. The van der Waals surface area contributed by atoms with Crippen LogP contribution in [0, 0.1) is 0 Å². The Labute approximate surface area is 73.1 Å². The van der Waals surface area contributed by atoms with Gasteiger partial charge < -0.3 is 0 Å². The second kappa shape index (κ2) is 5.16. The molecule has 0 aliphatic carbocycles. The Kier molecular flexibility index (Phi) is 6.75. The SMILES string of the molecule is CCC(C)OS(=O)(=O)O.[LiH]. The number of rotatable bonds is 3. The summed E-state index contributed by atoms with van der Waals surface area (Å²) in [5.74, 6) is 0. The molecule has 0 aromatic heterocycles. The van der Waals surface area contributed by atoms with E-state index in [0.717, 1.165) is 0 Å². The van der Waals surface area contributed by atoms with Crippen molar-refractivity contribution in [2.45, 2.75) is 26.4 Å². The Bertz CT molecular complexity index is 164. The van der Waals surface area contributed by atoms with Crippen LogP contribution < -0.4 is 0 Å². The van der Waals surface area contributed by atoms with Gasteiger partial charge in [-0.05, 0) is 13.3 Å². The standard InChI is InChI=1S/C4H10O4S.Li.H/c1-3-4(2)8-9(5,6)7;;/h4H,3H2,1-2H3,(H,5,6,7);;. The van der Waals surface area contributed by atoms with Gasteiger partial charge in [-0.2, -0.15) is 8.42 Å². The molecular weight excluding hydrogens is 151 g/mol. The Hall–Kier alpha value is 0.467. The molecule has 0 aromatic rings. The minimum atomic E-state index is -4.24. The van der Waals surface area contributed by atoms with Crippen molar-refractivity contribution in [2.24, 2.45) is 0 Å². The zero-order valence-corrected chi connectivity index (χ0v) is 6.18. The van der Waals surface area contributed by atoms with E-state index in [2.05, 4.69) is 4.18 Å². The van der Waals surface area contributed by atoms with Crippen molar-refractivity contribution in [3.63, 3.8) is 0 Å². The van der Waals surface area contributed by atoms with E-state index in [1.54, 1.807) is 13.8 Å². The second-order valence-electron chi connectivity index (χ2n) is 1.74. The van der Waals surface area contributed by atoms with Gasteiger partial charge in [-0.25, -0.2) is 4.18 Å². The molecule has 0 amide bonds. The fourth-order valence-corrected chi connectivity index (χ4v) is 0.827. The van der Waals surface area contributed by atoms with Crippen molar-refractivity contribution in [1.82, 2.24) is 0 Å². The molecule has 1 N–H and O–H groups in total. The third-order valence-corrected chi connectivity index (χ3v) is 1.43. The van der Waals surface area contributed by atoms with Crippen LogP contribution in [0.25, 0.3) is 0 Å².